The summed E-state index contributed by atoms with van der Waals surface area (Å²) >= 11 is 10.3. The molecule has 4 nitrogen and oxygen atoms in total. The van der Waals surface area contributed by atoms with E-state index < -0.39 is 0 Å². The molecule has 1 heterocycles. The maximum atomic E-state index is 6.63. The molecule has 0 atom stereocenters. The number of aryl methyl sites for hydroxylation is 1. The van der Waals surface area contributed by atoms with E-state index in [9.17, 15) is 0 Å². The summed E-state index contributed by atoms with van der Waals surface area (Å²) in [6, 6.07) is 18.6. The number of rotatable bonds is 9. The van der Waals surface area contributed by atoms with Crippen molar-refractivity contribution in [1.82, 2.24) is 0 Å². The van der Waals surface area contributed by atoms with Crippen LogP contribution in [0.3, 0.4) is 0 Å². The molecule has 0 bridgehead atoms. The van der Waals surface area contributed by atoms with E-state index in [4.69, 9.17) is 21.1 Å². The molecular weight excluding hydrogens is 512 g/mol. The van der Waals surface area contributed by atoms with Crippen LogP contribution in [0, 0.1) is 6.92 Å². The quantitative estimate of drug-likeness (QED) is 0.296. The number of piperidine rings is 1. The van der Waals surface area contributed by atoms with Crippen LogP contribution in [0.15, 0.2) is 59.1 Å². The molecule has 1 aliphatic rings. The molecule has 0 saturated carbocycles. The van der Waals surface area contributed by atoms with Crippen LogP contribution in [-0.2, 0) is 13.2 Å². The van der Waals surface area contributed by atoms with Crippen molar-refractivity contribution < 1.29 is 9.47 Å². The van der Waals surface area contributed by atoms with Crippen LogP contribution in [-0.4, -0.2) is 19.7 Å². The molecule has 0 spiro atoms. The molecule has 0 amide bonds. The van der Waals surface area contributed by atoms with Crippen molar-refractivity contribution in [1.29, 1.82) is 0 Å². The summed E-state index contributed by atoms with van der Waals surface area (Å²) in [5.41, 5.74) is 5.57. The first-order valence-corrected chi connectivity index (χ1v) is 13.1. The van der Waals surface area contributed by atoms with Crippen LogP contribution in [0.1, 0.15) is 42.9 Å². The summed E-state index contributed by atoms with van der Waals surface area (Å²) in [6.07, 6.45) is 3.77. The molecule has 0 unspecified atom stereocenters. The summed E-state index contributed by atoms with van der Waals surface area (Å²) in [5.74, 6) is 1.47. The van der Waals surface area contributed by atoms with Gasteiger partial charge in [-0.25, -0.2) is 0 Å². The maximum absolute atomic E-state index is 6.63. The number of benzene rings is 3. The van der Waals surface area contributed by atoms with E-state index in [-0.39, 0.29) is 0 Å². The predicted molar refractivity (Wildman–Crippen MR) is 146 cm³/mol. The Bertz CT molecular complexity index is 1100. The Morgan fingerprint density at radius 3 is 2.38 bits per heavy atom. The third-order valence-electron chi connectivity index (χ3n) is 6.05. The number of ether oxygens (including phenoxy) is 2. The fourth-order valence-electron chi connectivity index (χ4n) is 4.14. The average molecular weight is 544 g/mol. The van der Waals surface area contributed by atoms with Crippen LogP contribution < -0.4 is 19.7 Å². The van der Waals surface area contributed by atoms with Gasteiger partial charge in [0, 0.05) is 29.8 Å². The first-order chi connectivity index (χ1) is 16.5. The second-order valence-corrected chi connectivity index (χ2v) is 9.93. The van der Waals surface area contributed by atoms with Crippen LogP contribution in [0.25, 0.3) is 0 Å². The highest BCUT2D eigenvalue weighted by Gasteiger charge is 2.15. The lowest BCUT2D eigenvalue weighted by Crippen LogP contribution is -2.29. The lowest BCUT2D eigenvalue weighted by atomic mass is 10.1. The van der Waals surface area contributed by atoms with Crippen molar-refractivity contribution >= 4 is 38.9 Å². The summed E-state index contributed by atoms with van der Waals surface area (Å²) in [6.45, 7) is 7.93. The maximum Gasteiger partial charge on any atom is 0.162 e. The fourth-order valence-corrected chi connectivity index (χ4v) is 4.91. The van der Waals surface area contributed by atoms with E-state index in [1.807, 2.05) is 25.1 Å². The van der Waals surface area contributed by atoms with E-state index >= 15 is 0 Å². The van der Waals surface area contributed by atoms with E-state index in [0.717, 1.165) is 56.6 Å². The number of hydrogen-bond acceptors (Lipinski definition) is 4. The molecule has 4 rings (SSSR count). The van der Waals surface area contributed by atoms with Gasteiger partial charge in [0.25, 0.3) is 0 Å². The molecule has 180 valence electrons. The van der Waals surface area contributed by atoms with Gasteiger partial charge in [0.1, 0.15) is 6.61 Å². The van der Waals surface area contributed by atoms with Crippen molar-refractivity contribution in [3.63, 3.8) is 0 Å². The van der Waals surface area contributed by atoms with Gasteiger partial charge >= 0.3 is 0 Å². The van der Waals surface area contributed by atoms with Gasteiger partial charge in [-0.15, -0.1) is 0 Å². The number of halogens is 2. The minimum atomic E-state index is 0.492. The molecule has 3 aromatic carbocycles. The fraction of sp³-hybridized carbons (Fsp3) is 0.357. The van der Waals surface area contributed by atoms with E-state index in [0.29, 0.717) is 19.8 Å². The normalized spacial score (nSPS) is 13.6. The van der Waals surface area contributed by atoms with Gasteiger partial charge in [-0.05, 0) is 74.6 Å². The SMILES string of the molecule is CCOc1cc(CNc2ccc(N3CCCCC3)c(Cl)c2)c(Br)cc1OCc1ccc(C)cc1. The van der Waals surface area contributed by atoms with Crippen molar-refractivity contribution in [3.05, 3.63) is 80.8 Å². The van der Waals surface area contributed by atoms with Gasteiger partial charge in [-0.1, -0.05) is 57.4 Å². The average Bonchev–Trinajstić information content (AvgIpc) is 2.85. The van der Waals surface area contributed by atoms with Crippen LogP contribution >= 0.6 is 27.5 Å². The third kappa shape index (κ3) is 6.39. The van der Waals surface area contributed by atoms with E-state index in [1.54, 1.807) is 0 Å². The molecule has 0 radical (unpaired) electrons. The monoisotopic (exact) mass is 542 g/mol. The smallest absolute Gasteiger partial charge is 0.162 e. The number of hydrogen-bond donors (Lipinski definition) is 1. The second kappa shape index (κ2) is 11.9. The summed E-state index contributed by atoms with van der Waals surface area (Å²) in [7, 11) is 0. The second-order valence-electron chi connectivity index (χ2n) is 8.67. The Kier molecular flexibility index (Phi) is 8.63. The molecule has 3 aromatic rings. The highest BCUT2D eigenvalue weighted by Crippen LogP contribution is 2.36. The molecule has 0 aliphatic carbocycles. The van der Waals surface area contributed by atoms with Gasteiger partial charge in [0.15, 0.2) is 11.5 Å². The van der Waals surface area contributed by atoms with Crippen molar-refractivity contribution in [2.24, 2.45) is 0 Å². The predicted octanol–water partition coefficient (Wildman–Crippen LogP) is 7.99. The Morgan fingerprint density at radius 1 is 0.941 bits per heavy atom. The molecule has 1 fully saturated rings. The minimum Gasteiger partial charge on any atom is -0.490 e. The molecule has 0 aromatic heterocycles. The van der Waals surface area contributed by atoms with E-state index in [2.05, 4.69) is 69.5 Å². The summed E-state index contributed by atoms with van der Waals surface area (Å²) < 4.78 is 13.0. The Balaban J connectivity index is 1.43. The highest BCUT2D eigenvalue weighted by molar-refractivity contribution is 9.10. The Labute approximate surface area is 216 Å². The van der Waals surface area contributed by atoms with Crippen LogP contribution in [0.2, 0.25) is 5.02 Å². The summed E-state index contributed by atoms with van der Waals surface area (Å²) in [5, 5.41) is 4.29. The third-order valence-corrected chi connectivity index (χ3v) is 7.10. The summed E-state index contributed by atoms with van der Waals surface area (Å²) in [4.78, 5) is 2.38. The van der Waals surface area contributed by atoms with Gasteiger partial charge in [0.05, 0.1) is 17.3 Å². The lowest BCUT2D eigenvalue weighted by molar-refractivity contribution is 0.269. The lowest BCUT2D eigenvalue weighted by Gasteiger charge is -2.29. The zero-order valence-electron chi connectivity index (χ0n) is 19.9. The van der Waals surface area contributed by atoms with Gasteiger partial charge in [-0.3, -0.25) is 0 Å². The molecule has 1 aliphatic heterocycles. The van der Waals surface area contributed by atoms with Crippen LogP contribution in [0.4, 0.5) is 11.4 Å². The molecular formula is C28H32BrClN2O2. The van der Waals surface area contributed by atoms with Crippen LogP contribution in [0.5, 0.6) is 11.5 Å². The van der Waals surface area contributed by atoms with E-state index in [1.165, 1.54) is 24.8 Å². The number of nitrogens with one attached hydrogen (secondary N) is 1. The number of anilines is 2. The molecule has 6 heteroatoms. The molecule has 1 N–H and O–H groups in total. The zero-order chi connectivity index (χ0) is 23.9. The Morgan fingerprint density at radius 2 is 1.68 bits per heavy atom. The number of nitrogens with zero attached hydrogens (tertiary/aromatic N) is 1. The zero-order valence-corrected chi connectivity index (χ0v) is 22.2. The van der Waals surface area contributed by atoms with Crippen molar-refractivity contribution in [2.45, 2.75) is 46.3 Å². The minimum absolute atomic E-state index is 0.492. The van der Waals surface area contributed by atoms with Gasteiger partial charge in [-0.2, -0.15) is 0 Å². The molecule has 34 heavy (non-hydrogen) atoms. The Hall–Kier alpha value is -2.37. The standard InChI is InChI=1S/C28H32BrClN2O2/c1-3-33-27-15-22(24(29)17-28(27)34-19-21-9-7-20(2)8-10-21)18-31-23-11-12-26(25(30)16-23)32-13-5-4-6-14-32/h7-12,15-17,31H,3-6,13-14,18-19H2,1-2H3. The topological polar surface area (TPSA) is 33.7 Å². The van der Waals surface area contributed by atoms with Crippen molar-refractivity contribution in [2.75, 3.05) is 29.9 Å². The first kappa shape index (κ1) is 24.7. The molecule has 1 saturated heterocycles. The van der Waals surface area contributed by atoms with Crippen molar-refractivity contribution in [3.8, 4) is 11.5 Å². The highest BCUT2D eigenvalue weighted by atomic mass is 79.9. The van der Waals surface area contributed by atoms with Gasteiger partial charge < -0.3 is 19.7 Å². The first-order valence-electron chi connectivity index (χ1n) is 12.0. The van der Waals surface area contributed by atoms with Gasteiger partial charge in [0.2, 0.25) is 0 Å². The largest absolute Gasteiger partial charge is 0.490 e.